The van der Waals surface area contributed by atoms with Crippen LogP contribution in [-0.4, -0.2) is 35.5 Å². The summed E-state index contributed by atoms with van der Waals surface area (Å²) in [4.78, 5) is 31.9. The Labute approximate surface area is 209 Å². The smallest absolute Gasteiger partial charge is 0.298 e. The fourth-order valence-corrected chi connectivity index (χ4v) is 4.18. The van der Waals surface area contributed by atoms with Gasteiger partial charge in [-0.3, -0.25) is 14.6 Å². The molecule has 182 valence electrons. The van der Waals surface area contributed by atoms with Crippen LogP contribution in [0.3, 0.4) is 0 Å². The van der Waals surface area contributed by atoms with E-state index >= 15 is 0 Å². The molecule has 0 spiro atoms. The minimum absolute atomic E-state index is 0.0904. The average molecular weight is 470 g/mol. The van der Waals surface area contributed by atoms with E-state index in [0.29, 0.717) is 18.8 Å². The van der Waals surface area contributed by atoms with Crippen molar-refractivity contribution in [3.63, 3.8) is 0 Å². The summed E-state index contributed by atoms with van der Waals surface area (Å²) in [7, 11) is 0. The monoisotopic (exact) mass is 469 g/mol. The van der Waals surface area contributed by atoms with Crippen molar-refractivity contribution in [3.8, 4) is 23.0 Å². The van der Waals surface area contributed by atoms with Gasteiger partial charge in [0.1, 0.15) is 5.70 Å². The average Bonchev–Trinajstić information content (AvgIpc) is 2.88. The molecule has 0 atom stereocenters. The first-order valence-corrected chi connectivity index (χ1v) is 12.4. The minimum Gasteiger partial charge on any atom is -0.332 e. The predicted octanol–water partition coefficient (Wildman–Crippen LogP) is 6.01. The van der Waals surface area contributed by atoms with Crippen molar-refractivity contribution in [1.29, 1.82) is 0 Å². The number of piperidine rings is 1. The van der Waals surface area contributed by atoms with E-state index in [1.165, 1.54) is 0 Å². The van der Waals surface area contributed by atoms with E-state index in [9.17, 15) is 9.59 Å². The van der Waals surface area contributed by atoms with Crippen LogP contribution in [0.1, 0.15) is 52.0 Å². The Bertz CT molecular complexity index is 1160. The molecule has 1 heterocycles. The molecule has 2 aromatic rings. The zero-order valence-electron chi connectivity index (χ0n) is 21.2. The molecule has 3 rings (SSSR count). The van der Waals surface area contributed by atoms with Gasteiger partial charge < -0.3 is 10.2 Å². The van der Waals surface area contributed by atoms with Gasteiger partial charge in [-0.15, -0.1) is 0 Å². The first-order valence-electron chi connectivity index (χ1n) is 12.4. The lowest BCUT2D eigenvalue weighted by atomic mass is 9.92. The van der Waals surface area contributed by atoms with Crippen LogP contribution < -0.4 is 5.32 Å². The van der Waals surface area contributed by atoms with Crippen molar-refractivity contribution in [2.75, 3.05) is 18.4 Å². The summed E-state index contributed by atoms with van der Waals surface area (Å²) in [6.07, 6.45) is 5.10. The number of amides is 2. The number of benzene rings is 2. The molecule has 1 aliphatic heterocycles. The molecule has 2 aromatic carbocycles. The van der Waals surface area contributed by atoms with Crippen LogP contribution in [0.2, 0.25) is 0 Å². The number of anilines is 1. The molecule has 5 nitrogen and oxygen atoms in total. The lowest BCUT2D eigenvalue weighted by molar-refractivity contribution is -0.126. The second-order valence-corrected chi connectivity index (χ2v) is 8.91. The van der Waals surface area contributed by atoms with Crippen LogP contribution in [-0.2, 0) is 9.59 Å². The normalized spacial score (nSPS) is 14.8. The van der Waals surface area contributed by atoms with Crippen molar-refractivity contribution in [1.82, 2.24) is 4.90 Å². The Balaban J connectivity index is 1.67. The van der Waals surface area contributed by atoms with Gasteiger partial charge >= 0.3 is 0 Å². The van der Waals surface area contributed by atoms with E-state index in [2.05, 4.69) is 30.1 Å². The van der Waals surface area contributed by atoms with Gasteiger partial charge in [-0.2, -0.15) is 0 Å². The largest absolute Gasteiger partial charge is 0.332 e. The number of unbranched alkanes of at least 4 members (excludes halogenated alkanes) is 1. The molecule has 35 heavy (non-hydrogen) atoms. The van der Waals surface area contributed by atoms with Gasteiger partial charge in [-0.25, -0.2) is 0 Å². The zero-order chi connectivity index (χ0) is 25.2. The summed E-state index contributed by atoms with van der Waals surface area (Å²) >= 11 is 0. The van der Waals surface area contributed by atoms with Gasteiger partial charge in [0.2, 0.25) is 0 Å². The second-order valence-electron chi connectivity index (χ2n) is 8.91. The SMILES string of the molecule is C/C=C(\N=C(/C)C1CCN(C(=O)C#CCCC)CC1)C(=O)Nc1ccc(C)cc1-c1ccccc1. The maximum atomic E-state index is 13.1. The van der Waals surface area contributed by atoms with Gasteiger partial charge in [-0.05, 0) is 63.7 Å². The minimum atomic E-state index is -0.230. The van der Waals surface area contributed by atoms with Crippen LogP contribution in [0.25, 0.3) is 11.1 Å². The number of allylic oxidation sites excluding steroid dienone is 1. The molecular formula is C30H35N3O2. The summed E-state index contributed by atoms with van der Waals surface area (Å²) in [6, 6.07) is 16.0. The highest BCUT2D eigenvalue weighted by molar-refractivity contribution is 6.07. The number of aliphatic imine (C=N–C) groups is 1. The van der Waals surface area contributed by atoms with E-state index in [1.54, 1.807) is 6.08 Å². The first-order chi connectivity index (χ1) is 16.9. The summed E-state index contributed by atoms with van der Waals surface area (Å²) in [6.45, 7) is 9.22. The van der Waals surface area contributed by atoms with E-state index in [-0.39, 0.29) is 17.7 Å². The fraction of sp³-hybridized carbons (Fsp3) is 0.367. The Kier molecular flexibility index (Phi) is 9.43. The van der Waals surface area contributed by atoms with Gasteiger partial charge in [0.05, 0.1) is 0 Å². The van der Waals surface area contributed by atoms with Crippen molar-refractivity contribution >= 4 is 23.2 Å². The highest BCUT2D eigenvalue weighted by Gasteiger charge is 2.24. The number of carbonyl (C=O) groups is 2. The number of hydrogen-bond donors (Lipinski definition) is 1. The molecule has 1 saturated heterocycles. The standard InChI is InChI=1S/C30H35N3O2/c1-5-7-9-14-29(34)33-19-17-24(18-20-33)23(4)31-27(6-2)30(35)32-28-16-15-22(3)21-26(28)25-12-10-8-11-13-25/h6,8,10-13,15-16,21,24H,5,7,17-20H2,1-4H3,(H,32,35)/b27-6-,31-23+. The molecule has 1 fully saturated rings. The Morgan fingerprint density at radius 1 is 1.14 bits per heavy atom. The van der Waals surface area contributed by atoms with Crippen LogP contribution in [0, 0.1) is 24.7 Å². The molecule has 0 bridgehead atoms. The number of aryl methyl sites for hydroxylation is 1. The molecule has 0 saturated carbocycles. The van der Waals surface area contributed by atoms with Gasteiger partial charge in [0, 0.05) is 42.4 Å². The van der Waals surface area contributed by atoms with Crippen LogP contribution in [0.4, 0.5) is 5.69 Å². The summed E-state index contributed by atoms with van der Waals surface area (Å²) in [5.74, 6) is 5.59. The molecule has 1 N–H and O–H groups in total. The lowest BCUT2D eigenvalue weighted by Crippen LogP contribution is -2.39. The number of likely N-dealkylation sites (tertiary alicyclic amines) is 1. The number of nitrogens with one attached hydrogen (secondary N) is 1. The van der Waals surface area contributed by atoms with E-state index < -0.39 is 0 Å². The van der Waals surface area contributed by atoms with E-state index in [4.69, 9.17) is 4.99 Å². The van der Waals surface area contributed by atoms with Crippen molar-refractivity contribution in [3.05, 3.63) is 65.9 Å². The summed E-state index contributed by atoms with van der Waals surface area (Å²) in [5.41, 5.74) is 5.23. The molecule has 0 unspecified atom stereocenters. The lowest BCUT2D eigenvalue weighted by Gasteiger charge is -2.30. The topological polar surface area (TPSA) is 61.8 Å². The van der Waals surface area contributed by atoms with Crippen molar-refractivity contribution in [2.45, 2.75) is 53.4 Å². The highest BCUT2D eigenvalue weighted by Crippen LogP contribution is 2.29. The zero-order valence-corrected chi connectivity index (χ0v) is 21.2. The second kappa shape index (κ2) is 12.7. The molecule has 0 radical (unpaired) electrons. The maximum absolute atomic E-state index is 13.1. The molecule has 1 aliphatic rings. The van der Waals surface area contributed by atoms with E-state index in [0.717, 1.165) is 53.8 Å². The molecule has 0 aromatic heterocycles. The van der Waals surface area contributed by atoms with Crippen LogP contribution >= 0.6 is 0 Å². The highest BCUT2D eigenvalue weighted by atomic mass is 16.2. The third-order valence-electron chi connectivity index (χ3n) is 6.25. The maximum Gasteiger partial charge on any atom is 0.298 e. The van der Waals surface area contributed by atoms with Crippen molar-refractivity contribution < 1.29 is 9.59 Å². The molecular weight excluding hydrogens is 434 g/mol. The number of hydrogen-bond acceptors (Lipinski definition) is 3. The Morgan fingerprint density at radius 3 is 2.51 bits per heavy atom. The first kappa shape index (κ1) is 26.0. The van der Waals surface area contributed by atoms with Gasteiger partial charge in [-0.1, -0.05) is 60.9 Å². The fourth-order valence-electron chi connectivity index (χ4n) is 4.18. The van der Waals surface area contributed by atoms with E-state index in [1.807, 2.05) is 68.1 Å². The van der Waals surface area contributed by atoms with Crippen LogP contribution in [0.15, 0.2) is 65.3 Å². The third-order valence-corrected chi connectivity index (χ3v) is 6.25. The molecule has 0 aliphatic carbocycles. The quantitative estimate of drug-likeness (QED) is 0.320. The summed E-state index contributed by atoms with van der Waals surface area (Å²) in [5, 5.41) is 3.06. The van der Waals surface area contributed by atoms with Crippen molar-refractivity contribution in [2.24, 2.45) is 10.9 Å². The number of rotatable bonds is 6. The van der Waals surface area contributed by atoms with Gasteiger partial charge in [0.25, 0.3) is 11.8 Å². The Hall–Kier alpha value is -3.65. The van der Waals surface area contributed by atoms with Crippen LogP contribution in [0.5, 0.6) is 0 Å². The predicted molar refractivity (Wildman–Crippen MR) is 144 cm³/mol. The molecule has 2 amide bonds. The Morgan fingerprint density at radius 2 is 1.86 bits per heavy atom. The third kappa shape index (κ3) is 7.16. The molecule has 5 heteroatoms. The van der Waals surface area contributed by atoms with Gasteiger partial charge in [0.15, 0.2) is 0 Å². The number of carbonyl (C=O) groups excluding carboxylic acids is 2. The number of nitrogens with zero attached hydrogens (tertiary/aromatic N) is 2. The summed E-state index contributed by atoms with van der Waals surface area (Å²) < 4.78 is 0.